The highest BCUT2D eigenvalue weighted by Crippen LogP contribution is 2.17. The Kier molecular flexibility index (Phi) is 3.56. The summed E-state index contributed by atoms with van der Waals surface area (Å²) in [5, 5.41) is 9.40. The second kappa shape index (κ2) is 4.70. The third-order valence-corrected chi connectivity index (χ3v) is 2.08. The molecule has 0 fully saturated rings. The molecule has 1 heteroatoms. The molecule has 0 bridgehead atoms. The van der Waals surface area contributed by atoms with Crippen LogP contribution in [-0.4, -0.2) is 5.11 Å². The monoisotopic (exact) mass is 176 g/mol. The van der Waals surface area contributed by atoms with E-state index in [0.717, 1.165) is 19.3 Å². The summed E-state index contributed by atoms with van der Waals surface area (Å²) in [4.78, 5) is 0. The molecule has 0 amide bonds. The number of phenols is 1. The number of aromatic hydroxyl groups is 1. The van der Waals surface area contributed by atoms with Gasteiger partial charge < -0.3 is 5.11 Å². The predicted molar refractivity (Wildman–Crippen MR) is 56.0 cm³/mol. The van der Waals surface area contributed by atoms with E-state index in [0.29, 0.717) is 5.75 Å². The Hall–Kier alpha value is -1.24. The maximum Gasteiger partial charge on any atom is 0.116 e. The minimum atomic E-state index is 0.374. The second-order valence-electron chi connectivity index (χ2n) is 3.19. The summed E-state index contributed by atoms with van der Waals surface area (Å²) in [6, 6.07) is 5.78. The molecule has 1 nitrogen and oxygen atoms in total. The van der Waals surface area contributed by atoms with Gasteiger partial charge in [-0.05, 0) is 42.5 Å². The molecule has 0 aliphatic heterocycles. The molecule has 0 aromatic heterocycles. The predicted octanol–water partition coefficient (Wildman–Crippen LogP) is 3.07. The fourth-order valence-corrected chi connectivity index (χ4v) is 1.36. The van der Waals surface area contributed by atoms with Gasteiger partial charge in [-0.2, -0.15) is 0 Å². The first-order chi connectivity index (χ1) is 6.26. The van der Waals surface area contributed by atoms with Crippen LogP contribution in [-0.2, 0) is 12.8 Å². The number of allylic oxidation sites excluding steroid dienone is 1. The SMILES string of the molecule is C=CCCc1cc(O)cc(CC)c1. The van der Waals surface area contributed by atoms with Gasteiger partial charge in [0, 0.05) is 0 Å². The van der Waals surface area contributed by atoms with E-state index in [1.54, 1.807) is 0 Å². The van der Waals surface area contributed by atoms with Gasteiger partial charge >= 0.3 is 0 Å². The normalized spacial score (nSPS) is 9.92. The van der Waals surface area contributed by atoms with Crippen molar-refractivity contribution in [2.24, 2.45) is 0 Å². The molecule has 0 aliphatic carbocycles. The van der Waals surface area contributed by atoms with Gasteiger partial charge in [0.15, 0.2) is 0 Å². The molecule has 0 unspecified atom stereocenters. The molecule has 0 aliphatic rings. The van der Waals surface area contributed by atoms with Gasteiger partial charge in [-0.3, -0.25) is 0 Å². The minimum Gasteiger partial charge on any atom is -0.508 e. The molecule has 1 aromatic rings. The van der Waals surface area contributed by atoms with Crippen molar-refractivity contribution in [1.82, 2.24) is 0 Å². The highest BCUT2D eigenvalue weighted by atomic mass is 16.3. The molecule has 0 radical (unpaired) electrons. The van der Waals surface area contributed by atoms with E-state index in [9.17, 15) is 5.11 Å². The van der Waals surface area contributed by atoms with Crippen molar-refractivity contribution in [3.8, 4) is 5.75 Å². The average Bonchev–Trinajstić information content (AvgIpc) is 2.14. The number of hydrogen-bond donors (Lipinski definition) is 1. The van der Waals surface area contributed by atoms with Crippen molar-refractivity contribution in [2.75, 3.05) is 0 Å². The van der Waals surface area contributed by atoms with Crippen molar-refractivity contribution < 1.29 is 5.11 Å². The first kappa shape index (κ1) is 9.85. The average molecular weight is 176 g/mol. The molecule has 70 valence electrons. The topological polar surface area (TPSA) is 20.2 Å². The lowest BCUT2D eigenvalue weighted by molar-refractivity contribution is 0.474. The Labute approximate surface area is 79.7 Å². The van der Waals surface area contributed by atoms with Gasteiger partial charge in [0.2, 0.25) is 0 Å². The van der Waals surface area contributed by atoms with Crippen molar-refractivity contribution >= 4 is 0 Å². The molecule has 0 heterocycles. The zero-order valence-electron chi connectivity index (χ0n) is 8.09. The zero-order chi connectivity index (χ0) is 9.68. The van der Waals surface area contributed by atoms with Crippen molar-refractivity contribution in [3.05, 3.63) is 42.0 Å². The van der Waals surface area contributed by atoms with Gasteiger partial charge in [-0.25, -0.2) is 0 Å². The maximum absolute atomic E-state index is 9.40. The largest absolute Gasteiger partial charge is 0.508 e. The highest BCUT2D eigenvalue weighted by molar-refractivity contribution is 5.33. The molecular weight excluding hydrogens is 160 g/mol. The summed E-state index contributed by atoms with van der Waals surface area (Å²) in [6.07, 6.45) is 4.79. The smallest absolute Gasteiger partial charge is 0.116 e. The van der Waals surface area contributed by atoms with Crippen LogP contribution < -0.4 is 0 Å². The summed E-state index contributed by atoms with van der Waals surface area (Å²) < 4.78 is 0. The van der Waals surface area contributed by atoms with Crippen molar-refractivity contribution in [1.29, 1.82) is 0 Å². The van der Waals surface area contributed by atoms with Crippen LogP contribution in [0.25, 0.3) is 0 Å². The standard InChI is InChI=1S/C12H16O/c1-3-5-6-11-7-10(4-2)8-12(13)9-11/h3,7-9,13H,1,4-6H2,2H3. The van der Waals surface area contributed by atoms with Crippen LogP contribution in [0.5, 0.6) is 5.75 Å². The molecular formula is C12H16O. The Morgan fingerprint density at radius 2 is 2.00 bits per heavy atom. The van der Waals surface area contributed by atoms with Crippen LogP contribution in [0.15, 0.2) is 30.9 Å². The molecule has 0 spiro atoms. The van der Waals surface area contributed by atoms with Gasteiger partial charge in [0.05, 0.1) is 0 Å². The lowest BCUT2D eigenvalue weighted by Crippen LogP contribution is -1.87. The third kappa shape index (κ3) is 2.94. The fourth-order valence-electron chi connectivity index (χ4n) is 1.36. The Morgan fingerprint density at radius 3 is 2.62 bits per heavy atom. The number of benzene rings is 1. The van der Waals surface area contributed by atoms with E-state index < -0.39 is 0 Å². The molecule has 0 saturated heterocycles. The van der Waals surface area contributed by atoms with Crippen LogP contribution >= 0.6 is 0 Å². The number of rotatable bonds is 4. The van der Waals surface area contributed by atoms with Gasteiger partial charge in [-0.15, -0.1) is 6.58 Å². The first-order valence-corrected chi connectivity index (χ1v) is 4.69. The Morgan fingerprint density at radius 1 is 1.31 bits per heavy atom. The maximum atomic E-state index is 9.40. The second-order valence-corrected chi connectivity index (χ2v) is 3.19. The summed E-state index contributed by atoms with van der Waals surface area (Å²) in [5.74, 6) is 0.374. The van der Waals surface area contributed by atoms with Crippen LogP contribution in [0.4, 0.5) is 0 Å². The van der Waals surface area contributed by atoms with Crippen LogP contribution in [0.2, 0.25) is 0 Å². The van der Waals surface area contributed by atoms with E-state index in [1.165, 1.54) is 11.1 Å². The quantitative estimate of drug-likeness (QED) is 0.699. The Bertz CT molecular complexity index is 289. The molecule has 13 heavy (non-hydrogen) atoms. The molecule has 1 rings (SSSR count). The molecule has 0 atom stereocenters. The summed E-state index contributed by atoms with van der Waals surface area (Å²) >= 11 is 0. The number of aryl methyl sites for hydroxylation is 2. The zero-order valence-corrected chi connectivity index (χ0v) is 8.09. The Balaban J connectivity index is 2.81. The van der Waals surface area contributed by atoms with E-state index in [-0.39, 0.29) is 0 Å². The van der Waals surface area contributed by atoms with Gasteiger partial charge in [-0.1, -0.05) is 19.1 Å². The first-order valence-electron chi connectivity index (χ1n) is 4.69. The van der Waals surface area contributed by atoms with Crippen LogP contribution in [0.3, 0.4) is 0 Å². The number of phenolic OH excluding ortho intramolecular Hbond substituents is 1. The molecule has 1 N–H and O–H groups in total. The summed E-state index contributed by atoms with van der Waals surface area (Å²) in [5.41, 5.74) is 2.39. The summed E-state index contributed by atoms with van der Waals surface area (Å²) in [7, 11) is 0. The van der Waals surface area contributed by atoms with Crippen molar-refractivity contribution in [2.45, 2.75) is 26.2 Å². The number of hydrogen-bond acceptors (Lipinski definition) is 1. The van der Waals surface area contributed by atoms with Crippen LogP contribution in [0, 0.1) is 0 Å². The highest BCUT2D eigenvalue weighted by Gasteiger charge is 1.97. The van der Waals surface area contributed by atoms with E-state index in [2.05, 4.69) is 19.6 Å². The lowest BCUT2D eigenvalue weighted by Gasteiger charge is -2.03. The van der Waals surface area contributed by atoms with E-state index in [4.69, 9.17) is 0 Å². The van der Waals surface area contributed by atoms with E-state index in [1.807, 2.05) is 18.2 Å². The lowest BCUT2D eigenvalue weighted by atomic mass is 10.0. The summed E-state index contributed by atoms with van der Waals surface area (Å²) in [6.45, 7) is 5.77. The fraction of sp³-hybridized carbons (Fsp3) is 0.333. The van der Waals surface area contributed by atoms with Crippen molar-refractivity contribution in [3.63, 3.8) is 0 Å². The third-order valence-electron chi connectivity index (χ3n) is 2.08. The van der Waals surface area contributed by atoms with E-state index >= 15 is 0 Å². The molecule has 0 saturated carbocycles. The van der Waals surface area contributed by atoms with Gasteiger partial charge in [0.25, 0.3) is 0 Å². The van der Waals surface area contributed by atoms with Crippen LogP contribution in [0.1, 0.15) is 24.5 Å². The van der Waals surface area contributed by atoms with Gasteiger partial charge in [0.1, 0.15) is 5.75 Å². The minimum absolute atomic E-state index is 0.374. The molecule has 1 aromatic carbocycles.